The summed E-state index contributed by atoms with van der Waals surface area (Å²) in [5.41, 5.74) is 0.362. The van der Waals surface area contributed by atoms with Crippen molar-refractivity contribution in [1.29, 1.82) is 0 Å². The Balaban J connectivity index is 1.66. The summed E-state index contributed by atoms with van der Waals surface area (Å²) in [6, 6.07) is 0. The number of methoxy groups -OCH3 is 1. The maximum atomic E-state index is 12.0. The van der Waals surface area contributed by atoms with Gasteiger partial charge in [0.05, 0.1) is 18.9 Å². The highest BCUT2D eigenvalue weighted by Crippen LogP contribution is 2.58. The van der Waals surface area contributed by atoms with E-state index < -0.39 is 54.8 Å². The molecule has 2 bridgehead atoms. The van der Waals surface area contributed by atoms with Crippen molar-refractivity contribution in [2.24, 2.45) is 23.7 Å². The van der Waals surface area contributed by atoms with Crippen LogP contribution in [0, 0.1) is 23.7 Å². The van der Waals surface area contributed by atoms with Crippen molar-refractivity contribution in [1.82, 2.24) is 0 Å². The number of carbonyl (C=O) groups excluding carboxylic acids is 3. The molecule has 2 aliphatic carbocycles. The Kier molecular flexibility index (Phi) is 4.35. The van der Waals surface area contributed by atoms with Gasteiger partial charge in [0.2, 0.25) is 0 Å². The Morgan fingerprint density at radius 2 is 2.12 bits per heavy atom. The molecule has 0 aromatic rings. The molecule has 0 aromatic heterocycles. The molecular weight excluding hydrogens is 320 g/mol. The first-order valence-electron chi connectivity index (χ1n) is 7.78. The van der Waals surface area contributed by atoms with E-state index in [9.17, 15) is 19.5 Å². The maximum Gasteiger partial charge on any atom is 0.332 e. The summed E-state index contributed by atoms with van der Waals surface area (Å²) in [6.45, 7) is 4.61. The molecule has 24 heavy (non-hydrogen) atoms. The third-order valence-corrected chi connectivity index (χ3v) is 5.07. The number of rotatable bonds is 6. The van der Waals surface area contributed by atoms with E-state index in [2.05, 4.69) is 6.58 Å². The van der Waals surface area contributed by atoms with Crippen molar-refractivity contribution < 1.29 is 38.4 Å². The van der Waals surface area contributed by atoms with Gasteiger partial charge in [-0.25, -0.2) is 4.79 Å². The molecule has 1 aliphatic heterocycles. The van der Waals surface area contributed by atoms with Gasteiger partial charge >= 0.3 is 17.9 Å². The van der Waals surface area contributed by atoms with Gasteiger partial charge in [-0.2, -0.15) is 0 Å². The van der Waals surface area contributed by atoms with Crippen LogP contribution in [0.15, 0.2) is 12.2 Å². The number of aliphatic hydroxyl groups is 1. The first-order chi connectivity index (χ1) is 11.3. The average Bonchev–Trinajstić information content (AvgIpc) is 3.15. The third kappa shape index (κ3) is 2.59. The van der Waals surface area contributed by atoms with Crippen LogP contribution in [-0.2, 0) is 33.3 Å². The van der Waals surface area contributed by atoms with E-state index >= 15 is 0 Å². The summed E-state index contributed by atoms with van der Waals surface area (Å²) in [4.78, 5) is 36.0. The van der Waals surface area contributed by atoms with Crippen LogP contribution in [0.25, 0.3) is 0 Å². The van der Waals surface area contributed by atoms with Crippen LogP contribution in [0.2, 0.25) is 0 Å². The lowest BCUT2D eigenvalue weighted by atomic mass is 9.78. The number of hydrogen-bond acceptors (Lipinski definition) is 8. The maximum absolute atomic E-state index is 12.0. The normalized spacial score (nSPS) is 37.0. The van der Waals surface area contributed by atoms with Gasteiger partial charge in [0, 0.05) is 11.8 Å². The lowest BCUT2D eigenvalue weighted by Crippen LogP contribution is -2.44. The molecule has 2 saturated carbocycles. The topological polar surface area (TPSA) is 108 Å². The molecule has 3 fully saturated rings. The quantitative estimate of drug-likeness (QED) is 0.306. The number of aliphatic hydroxyl groups excluding tert-OH is 1. The Bertz CT molecular complexity index is 585. The van der Waals surface area contributed by atoms with Gasteiger partial charge in [0.1, 0.15) is 18.8 Å². The van der Waals surface area contributed by atoms with Crippen LogP contribution in [-0.4, -0.2) is 55.2 Å². The molecule has 1 N–H and O–H groups in total. The Morgan fingerprint density at radius 3 is 2.75 bits per heavy atom. The summed E-state index contributed by atoms with van der Waals surface area (Å²) in [5.74, 6) is -3.22. The molecule has 3 aliphatic rings. The first kappa shape index (κ1) is 16.9. The standard InChI is InChI=1S/C16H20O8/c1-6(2)14(18)22-5-9(17)23-12-7-4-8-11(10(7)15(19)21-3)16(20)24-13(8)12/h7-8,10-14,18H,1,4-5H2,2-3H3. The Hall–Kier alpha value is -1.93. The fraction of sp³-hybridized carbons (Fsp3) is 0.688. The van der Waals surface area contributed by atoms with E-state index in [0.29, 0.717) is 12.0 Å². The molecule has 0 aromatic carbocycles. The number of hydrogen-bond donors (Lipinski definition) is 1. The largest absolute Gasteiger partial charge is 0.469 e. The second-order valence-electron chi connectivity index (χ2n) is 6.50. The molecule has 8 nitrogen and oxygen atoms in total. The zero-order valence-electron chi connectivity index (χ0n) is 13.5. The van der Waals surface area contributed by atoms with Crippen molar-refractivity contribution in [2.45, 2.75) is 31.8 Å². The van der Waals surface area contributed by atoms with E-state index in [1.54, 1.807) is 6.92 Å². The van der Waals surface area contributed by atoms with Crippen LogP contribution in [0.5, 0.6) is 0 Å². The molecule has 0 amide bonds. The molecule has 1 heterocycles. The fourth-order valence-corrected chi connectivity index (χ4v) is 4.08. The Morgan fingerprint density at radius 1 is 1.42 bits per heavy atom. The van der Waals surface area contributed by atoms with Gasteiger partial charge in [0.25, 0.3) is 0 Å². The minimum absolute atomic E-state index is 0.133. The van der Waals surface area contributed by atoms with Gasteiger partial charge in [0.15, 0.2) is 6.29 Å². The van der Waals surface area contributed by atoms with Crippen LogP contribution < -0.4 is 0 Å². The highest BCUT2D eigenvalue weighted by atomic mass is 16.6. The molecular formula is C16H20O8. The second kappa shape index (κ2) is 6.18. The van der Waals surface area contributed by atoms with Crippen LogP contribution in [0.4, 0.5) is 0 Å². The van der Waals surface area contributed by atoms with Crippen molar-refractivity contribution in [3.63, 3.8) is 0 Å². The second-order valence-corrected chi connectivity index (χ2v) is 6.50. The van der Waals surface area contributed by atoms with E-state index in [0.717, 1.165) is 0 Å². The molecule has 7 unspecified atom stereocenters. The number of esters is 3. The highest BCUT2D eigenvalue weighted by Gasteiger charge is 2.70. The highest BCUT2D eigenvalue weighted by molar-refractivity contribution is 5.86. The minimum atomic E-state index is -1.26. The molecule has 0 radical (unpaired) electrons. The predicted molar refractivity (Wildman–Crippen MR) is 77.1 cm³/mol. The number of carbonyl (C=O) groups is 3. The van der Waals surface area contributed by atoms with Crippen molar-refractivity contribution >= 4 is 17.9 Å². The van der Waals surface area contributed by atoms with Gasteiger partial charge in [-0.05, 0) is 18.9 Å². The zero-order chi connectivity index (χ0) is 17.6. The van der Waals surface area contributed by atoms with E-state index in [1.807, 2.05) is 0 Å². The van der Waals surface area contributed by atoms with Gasteiger partial charge < -0.3 is 24.1 Å². The van der Waals surface area contributed by atoms with Crippen LogP contribution >= 0.6 is 0 Å². The first-order valence-corrected chi connectivity index (χ1v) is 7.78. The average molecular weight is 340 g/mol. The summed E-state index contributed by atoms with van der Waals surface area (Å²) >= 11 is 0. The van der Waals surface area contributed by atoms with E-state index in [-0.39, 0.29) is 11.8 Å². The summed E-state index contributed by atoms with van der Waals surface area (Å²) in [6.07, 6.45) is -1.90. The van der Waals surface area contributed by atoms with Gasteiger partial charge in [-0.3, -0.25) is 9.59 Å². The molecule has 3 rings (SSSR count). The third-order valence-electron chi connectivity index (χ3n) is 5.07. The van der Waals surface area contributed by atoms with Crippen molar-refractivity contribution in [2.75, 3.05) is 13.7 Å². The van der Waals surface area contributed by atoms with E-state index in [1.165, 1.54) is 7.11 Å². The fourth-order valence-electron chi connectivity index (χ4n) is 4.08. The molecule has 132 valence electrons. The van der Waals surface area contributed by atoms with Crippen molar-refractivity contribution in [3.8, 4) is 0 Å². The Labute approximate surface area is 138 Å². The zero-order valence-corrected chi connectivity index (χ0v) is 13.5. The summed E-state index contributed by atoms with van der Waals surface area (Å²) in [7, 11) is 1.26. The SMILES string of the molecule is C=C(C)C(O)OCC(=O)OC1C2CC3C1OC(=O)C3C2C(=O)OC. The monoisotopic (exact) mass is 340 g/mol. The molecule has 1 saturated heterocycles. The predicted octanol–water partition coefficient (Wildman–Crippen LogP) is -0.210. The lowest BCUT2D eigenvalue weighted by Gasteiger charge is -2.29. The van der Waals surface area contributed by atoms with E-state index in [4.69, 9.17) is 18.9 Å². The smallest absolute Gasteiger partial charge is 0.332 e. The molecule has 0 spiro atoms. The number of fused-ring (bicyclic) bond motifs is 1. The minimum Gasteiger partial charge on any atom is -0.469 e. The summed E-state index contributed by atoms with van der Waals surface area (Å²) in [5, 5.41) is 9.47. The summed E-state index contributed by atoms with van der Waals surface area (Å²) < 4.78 is 20.4. The van der Waals surface area contributed by atoms with Crippen LogP contribution in [0.1, 0.15) is 13.3 Å². The van der Waals surface area contributed by atoms with Crippen LogP contribution in [0.3, 0.4) is 0 Å². The van der Waals surface area contributed by atoms with Gasteiger partial charge in [-0.1, -0.05) is 6.58 Å². The van der Waals surface area contributed by atoms with Gasteiger partial charge in [-0.15, -0.1) is 0 Å². The number of ether oxygens (including phenoxy) is 4. The molecule has 7 atom stereocenters. The van der Waals surface area contributed by atoms with Crippen molar-refractivity contribution in [3.05, 3.63) is 12.2 Å². The lowest BCUT2D eigenvalue weighted by molar-refractivity contribution is -0.175. The molecule has 8 heteroatoms.